The van der Waals surface area contributed by atoms with Gasteiger partial charge in [-0.15, -0.1) is 10.2 Å². The molecule has 0 aliphatic rings. The Morgan fingerprint density at radius 1 is 1.64 bits per heavy atom. The second kappa shape index (κ2) is 3.59. The molecule has 14 heavy (non-hydrogen) atoms. The number of rotatable bonds is 3. The summed E-state index contributed by atoms with van der Waals surface area (Å²) in [6.45, 7) is 0. The van der Waals surface area contributed by atoms with Crippen molar-refractivity contribution < 1.29 is 4.42 Å². The number of tetrazole rings is 1. The van der Waals surface area contributed by atoms with Gasteiger partial charge in [-0.25, -0.2) is 0 Å². The number of furan rings is 1. The second-order valence-electron chi connectivity index (χ2n) is 3.06. The highest BCUT2D eigenvalue weighted by Gasteiger charge is 2.11. The second-order valence-corrected chi connectivity index (χ2v) is 3.06. The number of hydrogen-bond donors (Lipinski definition) is 1. The normalized spacial score (nSPS) is 13.0. The fraction of sp³-hybridized carbons (Fsp3) is 0.375. The molecule has 74 valence electrons. The van der Waals surface area contributed by atoms with Gasteiger partial charge < -0.3 is 10.2 Å². The van der Waals surface area contributed by atoms with Crippen LogP contribution >= 0.6 is 0 Å². The molecule has 0 aliphatic carbocycles. The van der Waals surface area contributed by atoms with Crippen molar-refractivity contribution in [2.75, 3.05) is 0 Å². The van der Waals surface area contributed by atoms with Crippen LogP contribution in [0.5, 0.6) is 0 Å². The van der Waals surface area contributed by atoms with Gasteiger partial charge in [0.2, 0.25) is 0 Å². The minimum absolute atomic E-state index is 0.141. The molecule has 0 spiro atoms. The van der Waals surface area contributed by atoms with Gasteiger partial charge in [0, 0.05) is 18.0 Å². The van der Waals surface area contributed by atoms with Gasteiger partial charge >= 0.3 is 0 Å². The lowest BCUT2D eigenvalue weighted by molar-refractivity contribution is 0.557. The number of nitrogens with two attached hydrogens (primary N) is 1. The van der Waals surface area contributed by atoms with E-state index in [-0.39, 0.29) is 6.04 Å². The predicted octanol–water partition coefficient (Wildman–Crippen LogP) is 0.0456. The molecule has 0 aromatic carbocycles. The van der Waals surface area contributed by atoms with Crippen LogP contribution in [0.25, 0.3) is 0 Å². The first-order chi connectivity index (χ1) is 6.75. The zero-order valence-electron chi connectivity index (χ0n) is 7.79. The van der Waals surface area contributed by atoms with Crippen LogP contribution in [0.4, 0.5) is 0 Å². The first-order valence-electron chi connectivity index (χ1n) is 4.26. The molecule has 6 nitrogen and oxygen atoms in total. The maximum Gasteiger partial charge on any atom is 0.176 e. The maximum atomic E-state index is 5.90. The zero-order valence-corrected chi connectivity index (χ0v) is 7.79. The van der Waals surface area contributed by atoms with E-state index in [1.54, 1.807) is 19.6 Å². The minimum atomic E-state index is -0.141. The topological polar surface area (TPSA) is 82.8 Å². The van der Waals surface area contributed by atoms with E-state index in [9.17, 15) is 0 Å². The van der Waals surface area contributed by atoms with E-state index < -0.39 is 0 Å². The highest BCUT2D eigenvalue weighted by molar-refractivity contribution is 5.12. The summed E-state index contributed by atoms with van der Waals surface area (Å²) < 4.78 is 4.94. The van der Waals surface area contributed by atoms with Gasteiger partial charge in [-0.05, 0) is 11.3 Å². The van der Waals surface area contributed by atoms with Gasteiger partial charge in [-0.2, -0.15) is 4.80 Å². The van der Waals surface area contributed by atoms with E-state index >= 15 is 0 Å². The van der Waals surface area contributed by atoms with Crippen LogP contribution in [-0.2, 0) is 13.5 Å². The number of hydrogen-bond acceptors (Lipinski definition) is 5. The summed E-state index contributed by atoms with van der Waals surface area (Å²) in [4.78, 5) is 1.41. The molecule has 0 bridgehead atoms. The molecule has 0 aliphatic heterocycles. The number of aromatic nitrogens is 4. The molecule has 2 N–H and O–H groups in total. The van der Waals surface area contributed by atoms with Gasteiger partial charge in [-0.1, -0.05) is 0 Å². The summed E-state index contributed by atoms with van der Waals surface area (Å²) in [7, 11) is 1.72. The summed E-state index contributed by atoms with van der Waals surface area (Å²) in [5.41, 5.74) is 6.85. The van der Waals surface area contributed by atoms with Crippen molar-refractivity contribution in [1.82, 2.24) is 20.2 Å². The van der Waals surface area contributed by atoms with Crippen LogP contribution in [0.15, 0.2) is 23.0 Å². The first kappa shape index (κ1) is 8.89. The zero-order chi connectivity index (χ0) is 9.97. The van der Waals surface area contributed by atoms with Crippen LogP contribution in [0.1, 0.15) is 17.4 Å². The van der Waals surface area contributed by atoms with Crippen molar-refractivity contribution >= 4 is 0 Å². The third kappa shape index (κ3) is 1.80. The van der Waals surface area contributed by atoms with E-state index in [2.05, 4.69) is 15.4 Å². The Kier molecular flexibility index (Phi) is 2.28. The predicted molar refractivity (Wildman–Crippen MR) is 48.1 cm³/mol. The van der Waals surface area contributed by atoms with Crippen LogP contribution in [0.2, 0.25) is 0 Å². The minimum Gasteiger partial charge on any atom is -0.472 e. The van der Waals surface area contributed by atoms with Crippen molar-refractivity contribution in [3.8, 4) is 0 Å². The molecule has 0 amide bonds. The smallest absolute Gasteiger partial charge is 0.176 e. The van der Waals surface area contributed by atoms with E-state index in [4.69, 9.17) is 10.2 Å². The van der Waals surface area contributed by atoms with Gasteiger partial charge in [-0.3, -0.25) is 0 Å². The fourth-order valence-corrected chi connectivity index (χ4v) is 1.21. The number of nitrogens with zero attached hydrogens (tertiary/aromatic N) is 4. The molecule has 0 fully saturated rings. The lowest BCUT2D eigenvalue weighted by Gasteiger charge is -2.04. The Morgan fingerprint density at radius 2 is 2.50 bits per heavy atom. The molecule has 2 aromatic rings. The first-order valence-corrected chi connectivity index (χ1v) is 4.26. The van der Waals surface area contributed by atoms with Gasteiger partial charge in [0.05, 0.1) is 19.6 Å². The fourth-order valence-electron chi connectivity index (χ4n) is 1.21. The van der Waals surface area contributed by atoms with Crippen LogP contribution < -0.4 is 5.73 Å². The largest absolute Gasteiger partial charge is 0.472 e. The Bertz CT molecular complexity index is 394. The molecule has 0 saturated heterocycles. The average Bonchev–Trinajstić information content (AvgIpc) is 2.75. The maximum absolute atomic E-state index is 5.90. The molecule has 2 aromatic heterocycles. The van der Waals surface area contributed by atoms with Crippen molar-refractivity contribution in [3.05, 3.63) is 30.0 Å². The average molecular weight is 193 g/mol. The summed E-state index contributed by atoms with van der Waals surface area (Å²) in [5.74, 6) is 0.640. The van der Waals surface area contributed by atoms with Crippen LogP contribution in [0, 0.1) is 0 Å². The SMILES string of the molecule is Cn1nnc(CC(N)c2ccoc2)n1. The molecule has 6 heteroatoms. The van der Waals surface area contributed by atoms with Gasteiger partial charge in [0.1, 0.15) is 0 Å². The van der Waals surface area contributed by atoms with Crippen molar-refractivity contribution in [2.24, 2.45) is 12.8 Å². The van der Waals surface area contributed by atoms with Gasteiger partial charge in [0.25, 0.3) is 0 Å². The Morgan fingerprint density at radius 3 is 3.07 bits per heavy atom. The molecule has 0 radical (unpaired) electrons. The van der Waals surface area contributed by atoms with Crippen molar-refractivity contribution in [2.45, 2.75) is 12.5 Å². The Balaban J connectivity index is 2.05. The summed E-state index contributed by atoms with van der Waals surface area (Å²) in [6, 6.07) is 1.69. The summed E-state index contributed by atoms with van der Waals surface area (Å²) >= 11 is 0. The third-order valence-corrected chi connectivity index (χ3v) is 1.92. The molecule has 2 rings (SSSR count). The Hall–Kier alpha value is -1.69. The highest BCUT2D eigenvalue weighted by Crippen LogP contribution is 2.13. The van der Waals surface area contributed by atoms with E-state index in [1.807, 2.05) is 6.07 Å². The number of aryl methyl sites for hydroxylation is 1. The third-order valence-electron chi connectivity index (χ3n) is 1.92. The Labute approximate surface area is 80.7 Å². The van der Waals surface area contributed by atoms with Crippen LogP contribution in [0.3, 0.4) is 0 Å². The molecule has 0 saturated carbocycles. The van der Waals surface area contributed by atoms with Crippen molar-refractivity contribution in [3.63, 3.8) is 0 Å². The summed E-state index contributed by atoms with van der Waals surface area (Å²) in [5, 5.41) is 11.6. The highest BCUT2D eigenvalue weighted by atomic mass is 16.3. The molecule has 2 heterocycles. The quantitative estimate of drug-likeness (QED) is 0.744. The van der Waals surface area contributed by atoms with Gasteiger partial charge in [0.15, 0.2) is 5.82 Å². The summed E-state index contributed by atoms with van der Waals surface area (Å²) in [6.07, 6.45) is 3.79. The molecular weight excluding hydrogens is 182 g/mol. The van der Waals surface area contributed by atoms with E-state index in [0.717, 1.165) is 5.56 Å². The van der Waals surface area contributed by atoms with Crippen LogP contribution in [-0.4, -0.2) is 20.2 Å². The van der Waals surface area contributed by atoms with E-state index in [1.165, 1.54) is 4.80 Å². The standard InChI is InChI=1S/C8H11N5O/c1-13-11-8(10-12-13)4-7(9)6-2-3-14-5-6/h2-3,5,7H,4,9H2,1H3. The lowest BCUT2D eigenvalue weighted by atomic mass is 10.1. The molecule has 1 unspecified atom stereocenters. The molecular formula is C8H11N5O. The van der Waals surface area contributed by atoms with E-state index in [0.29, 0.717) is 12.2 Å². The molecule has 1 atom stereocenters. The monoisotopic (exact) mass is 193 g/mol. The van der Waals surface area contributed by atoms with Crippen molar-refractivity contribution in [1.29, 1.82) is 0 Å². The lowest BCUT2D eigenvalue weighted by Crippen LogP contribution is -2.13.